The Bertz CT molecular complexity index is 681. The van der Waals surface area contributed by atoms with E-state index in [0.29, 0.717) is 6.42 Å². The first kappa shape index (κ1) is 16.3. The molecule has 24 heavy (non-hydrogen) atoms. The standard InChI is InChI=1S/C19H21NO4/c1-14(7-8-15-9-10-23-12-15)11-18(21)20-17(13-24-19(20)22)16-5-3-2-4-6-16/h2-6,9-10,12,14,17H,7-8,11,13H2,1H3/t14-,17+/m1/s1. The van der Waals surface area contributed by atoms with Gasteiger partial charge in [0.05, 0.1) is 12.5 Å². The highest BCUT2D eigenvalue weighted by atomic mass is 16.6. The third-order valence-electron chi connectivity index (χ3n) is 4.36. The maximum Gasteiger partial charge on any atom is 0.417 e. The molecule has 1 aromatic heterocycles. The van der Waals surface area contributed by atoms with Crippen molar-refractivity contribution in [2.75, 3.05) is 6.61 Å². The zero-order valence-electron chi connectivity index (χ0n) is 13.7. The van der Waals surface area contributed by atoms with E-state index in [-0.39, 0.29) is 24.5 Å². The van der Waals surface area contributed by atoms with Crippen LogP contribution >= 0.6 is 0 Å². The molecule has 2 aromatic rings. The molecule has 0 unspecified atom stereocenters. The lowest BCUT2D eigenvalue weighted by Gasteiger charge is -2.21. The van der Waals surface area contributed by atoms with Gasteiger partial charge in [0, 0.05) is 6.42 Å². The Labute approximate surface area is 141 Å². The van der Waals surface area contributed by atoms with Gasteiger partial charge in [-0.05, 0) is 36.0 Å². The number of amides is 2. The van der Waals surface area contributed by atoms with E-state index >= 15 is 0 Å². The second kappa shape index (κ2) is 7.34. The van der Waals surface area contributed by atoms with Gasteiger partial charge in [-0.15, -0.1) is 0 Å². The second-order valence-electron chi connectivity index (χ2n) is 6.25. The molecule has 126 valence electrons. The van der Waals surface area contributed by atoms with E-state index in [2.05, 4.69) is 0 Å². The summed E-state index contributed by atoms with van der Waals surface area (Å²) in [7, 11) is 0. The molecular formula is C19H21NO4. The molecule has 2 heterocycles. The molecule has 1 aliphatic rings. The van der Waals surface area contributed by atoms with Gasteiger partial charge in [0.25, 0.3) is 0 Å². The van der Waals surface area contributed by atoms with Gasteiger partial charge >= 0.3 is 6.09 Å². The lowest BCUT2D eigenvalue weighted by atomic mass is 9.98. The molecule has 0 bridgehead atoms. The monoisotopic (exact) mass is 327 g/mol. The number of ether oxygens (including phenoxy) is 1. The number of furan rings is 1. The van der Waals surface area contributed by atoms with Crippen molar-refractivity contribution in [2.45, 2.75) is 32.2 Å². The fourth-order valence-electron chi connectivity index (χ4n) is 2.96. The Morgan fingerprint density at radius 3 is 2.79 bits per heavy atom. The Morgan fingerprint density at radius 1 is 1.29 bits per heavy atom. The minimum Gasteiger partial charge on any atom is -0.472 e. The van der Waals surface area contributed by atoms with Gasteiger partial charge < -0.3 is 9.15 Å². The second-order valence-corrected chi connectivity index (χ2v) is 6.25. The maximum absolute atomic E-state index is 12.6. The van der Waals surface area contributed by atoms with Crippen molar-refractivity contribution < 1.29 is 18.7 Å². The molecule has 2 amide bonds. The fraction of sp³-hybridized carbons (Fsp3) is 0.368. The Kier molecular flexibility index (Phi) is 4.99. The predicted molar refractivity (Wildman–Crippen MR) is 88.2 cm³/mol. The van der Waals surface area contributed by atoms with Gasteiger partial charge in [0.1, 0.15) is 12.6 Å². The highest BCUT2D eigenvalue weighted by Gasteiger charge is 2.38. The average molecular weight is 327 g/mol. The van der Waals surface area contributed by atoms with E-state index in [0.717, 1.165) is 24.0 Å². The van der Waals surface area contributed by atoms with Gasteiger partial charge in [-0.1, -0.05) is 37.3 Å². The number of hydrogen-bond donors (Lipinski definition) is 0. The number of rotatable bonds is 6. The Hall–Kier alpha value is -2.56. The molecule has 0 N–H and O–H groups in total. The minimum absolute atomic E-state index is 0.175. The van der Waals surface area contributed by atoms with E-state index in [4.69, 9.17) is 9.15 Å². The summed E-state index contributed by atoms with van der Waals surface area (Å²) in [4.78, 5) is 25.9. The topological polar surface area (TPSA) is 59.8 Å². The normalized spacial score (nSPS) is 18.5. The minimum atomic E-state index is -0.545. The van der Waals surface area contributed by atoms with Crippen molar-refractivity contribution in [2.24, 2.45) is 5.92 Å². The maximum atomic E-state index is 12.6. The predicted octanol–water partition coefficient (Wildman–Crippen LogP) is 3.96. The zero-order valence-corrected chi connectivity index (χ0v) is 13.7. The average Bonchev–Trinajstić information content (AvgIpc) is 3.23. The molecule has 0 spiro atoms. The molecule has 0 radical (unpaired) electrons. The van der Waals surface area contributed by atoms with Crippen LogP contribution in [0.25, 0.3) is 0 Å². The van der Waals surface area contributed by atoms with Crippen molar-refractivity contribution >= 4 is 12.0 Å². The Balaban J connectivity index is 1.60. The van der Waals surface area contributed by atoms with Crippen LogP contribution in [0.15, 0.2) is 53.3 Å². The largest absolute Gasteiger partial charge is 0.472 e. The molecule has 2 atom stereocenters. The van der Waals surface area contributed by atoms with Gasteiger partial charge in [0.15, 0.2) is 0 Å². The first-order valence-electron chi connectivity index (χ1n) is 8.20. The van der Waals surface area contributed by atoms with Crippen LogP contribution in [0.4, 0.5) is 4.79 Å². The molecule has 1 aromatic carbocycles. The number of cyclic esters (lactones) is 1. The molecular weight excluding hydrogens is 306 g/mol. The van der Waals surface area contributed by atoms with Crippen LogP contribution in [0.5, 0.6) is 0 Å². The molecule has 0 saturated carbocycles. The number of imide groups is 1. The van der Waals surface area contributed by atoms with E-state index in [9.17, 15) is 9.59 Å². The molecule has 1 saturated heterocycles. The molecule has 5 nitrogen and oxygen atoms in total. The summed E-state index contributed by atoms with van der Waals surface area (Å²) >= 11 is 0. The van der Waals surface area contributed by atoms with Crippen molar-refractivity contribution in [3.63, 3.8) is 0 Å². The Morgan fingerprint density at radius 2 is 2.08 bits per heavy atom. The number of carbonyl (C=O) groups excluding carboxylic acids is 2. The number of aryl methyl sites for hydroxylation is 1. The molecule has 5 heteroatoms. The van der Waals surface area contributed by atoms with Gasteiger partial charge in [0.2, 0.25) is 5.91 Å². The number of benzene rings is 1. The van der Waals surface area contributed by atoms with Gasteiger partial charge in [-0.25, -0.2) is 9.69 Å². The number of carbonyl (C=O) groups is 2. The van der Waals surface area contributed by atoms with Crippen LogP contribution < -0.4 is 0 Å². The summed E-state index contributed by atoms with van der Waals surface area (Å²) in [6, 6.07) is 11.1. The van der Waals surface area contributed by atoms with Crippen LogP contribution in [-0.4, -0.2) is 23.5 Å². The van der Waals surface area contributed by atoms with Gasteiger partial charge in [-0.3, -0.25) is 4.79 Å². The van der Waals surface area contributed by atoms with Crippen LogP contribution in [0.1, 0.15) is 36.9 Å². The van der Waals surface area contributed by atoms with E-state index in [1.807, 2.05) is 43.3 Å². The summed E-state index contributed by atoms with van der Waals surface area (Å²) in [6.45, 7) is 2.24. The summed E-state index contributed by atoms with van der Waals surface area (Å²) in [5, 5.41) is 0. The molecule has 1 aliphatic heterocycles. The number of hydrogen-bond acceptors (Lipinski definition) is 4. The lowest BCUT2D eigenvalue weighted by molar-refractivity contribution is -0.130. The zero-order chi connectivity index (χ0) is 16.9. The molecule has 1 fully saturated rings. The first-order valence-corrected chi connectivity index (χ1v) is 8.20. The highest BCUT2D eigenvalue weighted by Crippen LogP contribution is 2.29. The summed E-state index contributed by atoms with van der Waals surface area (Å²) < 4.78 is 10.2. The van der Waals surface area contributed by atoms with Gasteiger partial charge in [-0.2, -0.15) is 0 Å². The van der Waals surface area contributed by atoms with E-state index < -0.39 is 6.09 Å². The quantitative estimate of drug-likeness (QED) is 0.806. The molecule has 3 rings (SSSR count). The van der Waals surface area contributed by atoms with Crippen molar-refractivity contribution in [1.29, 1.82) is 0 Å². The van der Waals surface area contributed by atoms with Crippen molar-refractivity contribution in [3.05, 3.63) is 60.1 Å². The van der Waals surface area contributed by atoms with Crippen molar-refractivity contribution in [1.82, 2.24) is 4.90 Å². The SMILES string of the molecule is C[C@H](CCc1ccoc1)CC(=O)N1C(=O)OC[C@H]1c1ccccc1. The number of nitrogens with zero attached hydrogens (tertiary/aromatic N) is 1. The van der Waals surface area contributed by atoms with E-state index in [1.54, 1.807) is 12.5 Å². The molecule has 0 aliphatic carbocycles. The van der Waals surface area contributed by atoms with Crippen LogP contribution in [-0.2, 0) is 16.0 Å². The lowest BCUT2D eigenvalue weighted by Crippen LogP contribution is -2.35. The smallest absolute Gasteiger partial charge is 0.417 e. The van der Waals surface area contributed by atoms with Crippen LogP contribution in [0.3, 0.4) is 0 Å². The van der Waals surface area contributed by atoms with Crippen molar-refractivity contribution in [3.8, 4) is 0 Å². The van der Waals surface area contributed by atoms with Crippen LogP contribution in [0.2, 0.25) is 0 Å². The third kappa shape index (κ3) is 3.67. The summed E-state index contributed by atoms with van der Waals surface area (Å²) in [6.07, 6.45) is 4.88. The first-order chi connectivity index (χ1) is 11.6. The van der Waals surface area contributed by atoms with Crippen LogP contribution in [0, 0.1) is 5.92 Å². The highest BCUT2D eigenvalue weighted by molar-refractivity contribution is 5.93. The fourth-order valence-corrected chi connectivity index (χ4v) is 2.96. The summed E-state index contributed by atoms with van der Waals surface area (Å²) in [5.41, 5.74) is 2.04. The third-order valence-corrected chi connectivity index (χ3v) is 4.36. The summed E-state index contributed by atoms with van der Waals surface area (Å²) in [5.74, 6) is 0.00303. The van der Waals surface area contributed by atoms with E-state index in [1.165, 1.54) is 4.90 Å².